The maximum Gasteiger partial charge on any atom is 0.253 e. The summed E-state index contributed by atoms with van der Waals surface area (Å²) in [5.41, 5.74) is 13.4. The molecule has 7 heteroatoms. The van der Waals surface area contributed by atoms with E-state index in [-0.39, 0.29) is 36.0 Å². The molecule has 1 unspecified atom stereocenters. The van der Waals surface area contributed by atoms with Gasteiger partial charge in [0, 0.05) is 17.5 Å². The van der Waals surface area contributed by atoms with Crippen molar-refractivity contribution in [2.24, 2.45) is 16.5 Å². The smallest absolute Gasteiger partial charge is 0.253 e. The molecule has 1 atom stereocenters. The third-order valence-electron chi connectivity index (χ3n) is 3.78. The molecule has 0 aliphatic rings. The van der Waals surface area contributed by atoms with Gasteiger partial charge in [0.1, 0.15) is 5.82 Å². The third-order valence-corrected chi connectivity index (χ3v) is 3.78. The summed E-state index contributed by atoms with van der Waals surface area (Å²) < 4.78 is 19.5. The number of hydrogen-bond donors (Lipinski definition) is 2. The molecule has 0 aliphatic heterocycles. The van der Waals surface area contributed by atoms with E-state index in [1.807, 2.05) is 43.3 Å². The minimum absolute atomic E-state index is 0. The van der Waals surface area contributed by atoms with Crippen molar-refractivity contribution in [3.05, 3.63) is 71.7 Å². The van der Waals surface area contributed by atoms with Crippen molar-refractivity contribution < 1.29 is 8.91 Å². The Morgan fingerprint density at radius 1 is 1.12 bits per heavy atom. The Balaban J connectivity index is 0.00000225. The quantitative estimate of drug-likeness (QED) is 0.544. The monoisotopic (exact) mass is 360 g/mol. The van der Waals surface area contributed by atoms with Gasteiger partial charge in [0.2, 0.25) is 0 Å². The molecule has 0 aliphatic carbocycles. The van der Waals surface area contributed by atoms with E-state index in [0.717, 1.165) is 11.1 Å². The summed E-state index contributed by atoms with van der Waals surface area (Å²) >= 11 is 0. The normalized spacial score (nSPS) is 11.4. The molecule has 130 valence electrons. The molecule has 0 amide bonds. The van der Waals surface area contributed by atoms with Gasteiger partial charge in [0.25, 0.3) is 5.88 Å². The average molecular weight is 361 g/mol. The van der Waals surface area contributed by atoms with Gasteiger partial charge in [-0.25, -0.2) is 4.39 Å². The van der Waals surface area contributed by atoms with Crippen LogP contribution in [0.15, 0.2) is 64.1 Å². The van der Waals surface area contributed by atoms with Gasteiger partial charge in [0.05, 0.1) is 5.69 Å². The number of aromatic nitrogens is 1. The van der Waals surface area contributed by atoms with Crippen LogP contribution in [-0.2, 0) is 0 Å². The van der Waals surface area contributed by atoms with E-state index in [9.17, 15) is 4.39 Å². The SMILES string of the molecule is CC(c1ccc(-c2ccccc2)c(F)c1)c1cc(N=C(N)N)on1.Cl. The van der Waals surface area contributed by atoms with Crippen LogP contribution in [0.3, 0.4) is 0 Å². The number of nitrogens with two attached hydrogens (primary N) is 2. The zero-order chi connectivity index (χ0) is 17.1. The molecule has 2 aromatic carbocycles. The van der Waals surface area contributed by atoms with Crippen molar-refractivity contribution >= 4 is 24.3 Å². The molecule has 5 nitrogen and oxygen atoms in total. The van der Waals surface area contributed by atoms with Crippen LogP contribution in [-0.4, -0.2) is 11.1 Å². The number of benzene rings is 2. The Hall–Kier alpha value is -2.86. The van der Waals surface area contributed by atoms with Crippen molar-refractivity contribution in [3.8, 4) is 11.1 Å². The number of nitrogens with zero attached hydrogens (tertiary/aromatic N) is 2. The molecule has 3 aromatic rings. The van der Waals surface area contributed by atoms with Gasteiger partial charge in [-0.1, -0.05) is 54.5 Å². The minimum Gasteiger partial charge on any atom is -0.370 e. The molecular weight excluding hydrogens is 343 g/mol. The largest absolute Gasteiger partial charge is 0.370 e. The molecule has 0 radical (unpaired) electrons. The lowest BCUT2D eigenvalue weighted by atomic mass is 9.95. The highest BCUT2D eigenvalue weighted by Gasteiger charge is 2.16. The lowest BCUT2D eigenvalue weighted by molar-refractivity contribution is 0.419. The van der Waals surface area contributed by atoms with E-state index < -0.39 is 0 Å². The topological polar surface area (TPSA) is 90.4 Å². The maximum absolute atomic E-state index is 14.5. The summed E-state index contributed by atoms with van der Waals surface area (Å²) in [5, 5.41) is 3.94. The molecule has 25 heavy (non-hydrogen) atoms. The molecule has 1 aromatic heterocycles. The second-order valence-electron chi connectivity index (χ2n) is 5.45. The molecule has 0 bridgehead atoms. The Kier molecular flexibility index (Phi) is 5.77. The van der Waals surface area contributed by atoms with Gasteiger partial charge in [-0.3, -0.25) is 0 Å². The summed E-state index contributed by atoms with van der Waals surface area (Å²) in [6.45, 7) is 1.91. The van der Waals surface area contributed by atoms with E-state index in [4.69, 9.17) is 16.0 Å². The van der Waals surface area contributed by atoms with Crippen molar-refractivity contribution in [3.63, 3.8) is 0 Å². The number of guanidine groups is 1. The Morgan fingerprint density at radius 3 is 2.48 bits per heavy atom. The molecule has 0 fully saturated rings. The lowest BCUT2D eigenvalue weighted by Crippen LogP contribution is -2.21. The van der Waals surface area contributed by atoms with Gasteiger partial charge in [-0.2, -0.15) is 4.99 Å². The van der Waals surface area contributed by atoms with E-state index >= 15 is 0 Å². The van der Waals surface area contributed by atoms with Crippen molar-refractivity contribution in [2.75, 3.05) is 0 Å². The van der Waals surface area contributed by atoms with E-state index in [1.54, 1.807) is 12.1 Å². The predicted molar refractivity (Wildman–Crippen MR) is 98.6 cm³/mol. The fraction of sp³-hybridized carbons (Fsp3) is 0.111. The lowest BCUT2D eigenvalue weighted by Gasteiger charge is -2.11. The maximum atomic E-state index is 14.5. The summed E-state index contributed by atoms with van der Waals surface area (Å²) in [5.74, 6) is -0.323. The van der Waals surface area contributed by atoms with Crippen LogP contribution >= 0.6 is 12.4 Å². The second kappa shape index (κ2) is 7.81. The van der Waals surface area contributed by atoms with Gasteiger partial charge in [-0.15, -0.1) is 12.4 Å². The van der Waals surface area contributed by atoms with Crippen LogP contribution in [0.25, 0.3) is 11.1 Å². The van der Waals surface area contributed by atoms with Gasteiger partial charge >= 0.3 is 0 Å². The van der Waals surface area contributed by atoms with E-state index in [0.29, 0.717) is 11.3 Å². The highest BCUT2D eigenvalue weighted by molar-refractivity contribution is 5.85. The van der Waals surface area contributed by atoms with Crippen LogP contribution in [0.1, 0.15) is 24.1 Å². The number of aliphatic imine (C=N–C) groups is 1. The molecular formula is C18H18ClFN4O. The first-order valence-electron chi connectivity index (χ1n) is 7.45. The van der Waals surface area contributed by atoms with Crippen LogP contribution < -0.4 is 11.5 Å². The molecule has 0 saturated heterocycles. The molecule has 4 N–H and O–H groups in total. The molecule has 3 rings (SSSR count). The van der Waals surface area contributed by atoms with Crippen molar-refractivity contribution in [2.45, 2.75) is 12.8 Å². The first-order valence-corrected chi connectivity index (χ1v) is 7.45. The van der Waals surface area contributed by atoms with Crippen molar-refractivity contribution in [1.82, 2.24) is 5.16 Å². The average Bonchev–Trinajstić information content (AvgIpc) is 3.02. The van der Waals surface area contributed by atoms with Gasteiger partial charge < -0.3 is 16.0 Å². The molecule has 0 saturated carbocycles. The predicted octanol–water partition coefficient (Wildman–Crippen LogP) is 3.96. The van der Waals surface area contributed by atoms with Gasteiger partial charge in [-0.05, 0) is 17.2 Å². The van der Waals surface area contributed by atoms with E-state index in [2.05, 4.69) is 10.1 Å². The summed E-state index contributed by atoms with van der Waals surface area (Å²) in [7, 11) is 0. The Bertz CT molecular complexity index is 876. The number of hydrogen-bond acceptors (Lipinski definition) is 3. The fourth-order valence-corrected chi connectivity index (χ4v) is 2.49. The highest BCUT2D eigenvalue weighted by atomic mass is 35.5. The molecule has 1 heterocycles. The van der Waals surface area contributed by atoms with Crippen LogP contribution in [0.2, 0.25) is 0 Å². The number of halogens is 2. The first kappa shape index (κ1) is 18.5. The zero-order valence-corrected chi connectivity index (χ0v) is 14.3. The number of rotatable bonds is 4. The summed E-state index contributed by atoms with van der Waals surface area (Å²) in [6, 6.07) is 16.2. The Labute approximate surface area is 150 Å². The minimum atomic E-state index is -0.279. The standard InChI is InChI=1S/C18H17FN4O.ClH/c1-11(16-10-17(24-23-16)22-18(20)21)13-7-8-14(15(19)9-13)12-5-3-2-4-6-12;/h2-11H,1H3,(H4,20,21,22);1H. The first-order chi connectivity index (χ1) is 11.5. The fourth-order valence-electron chi connectivity index (χ4n) is 2.49. The summed E-state index contributed by atoms with van der Waals surface area (Å²) in [4.78, 5) is 3.80. The highest BCUT2D eigenvalue weighted by Crippen LogP contribution is 2.30. The third kappa shape index (κ3) is 4.16. The Morgan fingerprint density at radius 2 is 1.84 bits per heavy atom. The van der Waals surface area contributed by atoms with Crippen LogP contribution in [0.4, 0.5) is 10.3 Å². The van der Waals surface area contributed by atoms with Gasteiger partial charge in [0.15, 0.2) is 5.96 Å². The van der Waals surface area contributed by atoms with Crippen molar-refractivity contribution in [1.29, 1.82) is 0 Å². The second-order valence-corrected chi connectivity index (χ2v) is 5.45. The van der Waals surface area contributed by atoms with E-state index in [1.165, 1.54) is 6.07 Å². The summed E-state index contributed by atoms with van der Waals surface area (Å²) in [6.07, 6.45) is 0. The van der Waals surface area contributed by atoms with Crippen LogP contribution in [0, 0.1) is 5.82 Å². The zero-order valence-electron chi connectivity index (χ0n) is 13.5. The van der Waals surface area contributed by atoms with Crippen LogP contribution in [0.5, 0.6) is 0 Å². The molecule has 0 spiro atoms.